The molecule has 0 N–H and O–H groups in total. The minimum absolute atomic E-state index is 0. The maximum Gasteiger partial charge on any atom is 1.00 e. The topological polar surface area (TPSA) is 116 Å². The molecule has 0 saturated carbocycles. The molecule has 0 heterocycles. The molecule has 0 aromatic carbocycles. The summed E-state index contributed by atoms with van der Waals surface area (Å²) in [6.07, 6.45) is -2.54. The molecule has 0 radical (unpaired) electrons. The van der Waals surface area contributed by atoms with Crippen molar-refractivity contribution in [2.24, 2.45) is 0 Å². The first-order valence-electron chi connectivity index (χ1n) is 8.09. The number of hydrogen-bond acceptors (Lipinski definition) is 7. The summed E-state index contributed by atoms with van der Waals surface area (Å²) in [6, 6.07) is 0. The number of carbonyl (C=O) groups is 2. The summed E-state index contributed by atoms with van der Waals surface area (Å²) < 4.78 is 33.3. The average molecular weight is 484 g/mol. The van der Waals surface area contributed by atoms with Crippen LogP contribution in [0.25, 0.3) is 0 Å². The van der Waals surface area contributed by atoms with E-state index in [1.165, 1.54) is 0 Å². The molecule has 11 heteroatoms. The molecule has 0 rings (SSSR count). The number of alkyl halides is 1. The summed E-state index contributed by atoms with van der Waals surface area (Å²) in [5.74, 6) is 27.9. The Hall–Kier alpha value is -2.06. The van der Waals surface area contributed by atoms with Crippen LogP contribution in [-0.2, 0) is 23.6 Å². The van der Waals surface area contributed by atoms with E-state index in [2.05, 4.69) is 86.4 Å². The molecule has 156 valence electrons. The first-order chi connectivity index (χ1) is 14.7. The van der Waals surface area contributed by atoms with Crippen molar-refractivity contribution in [3.05, 3.63) is 0 Å². The zero-order chi connectivity index (χ0) is 23.5. The molecule has 0 aromatic heterocycles. The van der Waals surface area contributed by atoms with Gasteiger partial charge in [-0.2, -0.15) is 0 Å². The maximum atomic E-state index is 13.4. The SMILES string of the molecule is CC#CC#CC#CC#CC#CC#CC#CC(=O)O[C@@H](COC(C)=O)CC(F)P(=O)([O-])[O-].[Na+].[Na+]. The molecule has 0 aliphatic rings. The van der Waals surface area contributed by atoms with E-state index in [9.17, 15) is 28.3 Å². The third-order valence-electron chi connectivity index (χ3n) is 2.52. The first-order valence-corrected chi connectivity index (χ1v) is 9.70. The largest absolute Gasteiger partial charge is 1.00 e. The van der Waals surface area contributed by atoms with E-state index >= 15 is 0 Å². The molecule has 0 bridgehead atoms. The molecular formula is C22H12FNa2O7P. The van der Waals surface area contributed by atoms with Crippen molar-refractivity contribution in [2.45, 2.75) is 32.3 Å². The van der Waals surface area contributed by atoms with Crippen molar-refractivity contribution in [2.75, 3.05) is 6.61 Å². The van der Waals surface area contributed by atoms with Gasteiger partial charge in [-0.1, -0.05) is 5.92 Å². The Morgan fingerprint density at radius 2 is 1.30 bits per heavy atom. The van der Waals surface area contributed by atoms with Gasteiger partial charge in [-0.3, -0.25) is 4.79 Å². The van der Waals surface area contributed by atoms with E-state index in [0.29, 0.717) is 0 Å². The standard InChI is InChI=1S/C22H14FO7P.2Na/c1-3-4-5-6-7-8-9-10-11-12-13-14-15-16-22(25)30-20(18-29-19(2)24)17-21(23)31(26,27)28;;/h20-21H,17-18H2,1-2H3,(H2,26,27,28);;/q;2*+1/p-2/t20-,21?;;/m1../s1. The molecule has 0 spiro atoms. The fourth-order valence-corrected chi connectivity index (χ4v) is 1.84. The second kappa shape index (κ2) is 21.8. The molecule has 0 amide bonds. The number of rotatable bonds is 6. The quantitative estimate of drug-likeness (QED) is 0.121. The predicted molar refractivity (Wildman–Crippen MR) is 104 cm³/mol. The van der Waals surface area contributed by atoms with Crippen LogP contribution in [0.15, 0.2) is 0 Å². The van der Waals surface area contributed by atoms with Crippen molar-refractivity contribution in [1.29, 1.82) is 0 Å². The molecule has 2 atom stereocenters. The Bertz CT molecular complexity index is 1180. The number of hydrogen-bond donors (Lipinski definition) is 0. The van der Waals surface area contributed by atoms with Gasteiger partial charge in [0.25, 0.3) is 0 Å². The molecule has 33 heavy (non-hydrogen) atoms. The Morgan fingerprint density at radius 1 is 0.879 bits per heavy atom. The smallest absolute Gasteiger partial charge is 0.809 e. The third-order valence-corrected chi connectivity index (χ3v) is 3.42. The molecule has 0 aromatic rings. The van der Waals surface area contributed by atoms with Crippen molar-refractivity contribution in [3.63, 3.8) is 0 Å². The summed E-state index contributed by atoms with van der Waals surface area (Å²) in [5.41, 5.74) is 0. The van der Waals surface area contributed by atoms with E-state index in [-0.39, 0.29) is 59.1 Å². The van der Waals surface area contributed by atoms with E-state index in [1.54, 1.807) is 6.92 Å². The van der Waals surface area contributed by atoms with Gasteiger partial charge < -0.3 is 23.8 Å². The van der Waals surface area contributed by atoms with Crippen LogP contribution in [-0.4, -0.2) is 30.6 Å². The molecule has 0 aliphatic heterocycles. The first kappa shape index (κ1) is 35.5. The van der Waals surface area contributed by atoms with Crippen LogP contribution < -0.4 is 68.9 Å². The number of halogens is 1. The molecule has 1 unspecified atom stereocenters. The van der Waals surface area contributed by atoms with Gasteiger partial charge in [0.1, 0.15) is 18.6 Å². The van der Waals surface area contributed by atoms with Crippen LogP contribution in [0.2, 0.25) is 0 Å². The number of carbonyl (C=O) groups excluding carboxylic acids is 2. The van der Waals surface area contributed by atoms with Crippen molar-refractivity contribution >= 4 is 19.5 Å². The fraction of sp³-hybridized carbons (Fsp3) is 0.273. The number of ether oxygens (including phenoxy) is 2. The summed E-state index contributed by atoms with van der Waals surface area (Å²) in [7, 11) is -5.56. The van der Waals surface area contributed by atoms with Gasteiger partial charge in [-0.15, -0.1) is 0 Å². The second-order valence-electron chi connectivity index (χ2n) is 4.91. The molecule has 0 fully saturated rings. The Balaban J connectivity index is -0.00000450. The Labute approximate surface area is 236 Å². The average Bonchev–Trinajstić information content (AvgIpc) is 2.68. The Kier molecular flexibility index (Phi) is 23.4. The normalized spacial score (nSPS) is 9.36. The molecule has 7 nitrogen and oxygen atoms in total. The molecule has 0 aliphatic carbocycles. The summed E-state index contributed by atoms with van der Waals surface area (Å²) in [6.45, 7) is 2.02. The van der Waals surface area contributed by atoms with Gasteiger partial charge in [0.05, 0.1) is 0 Å². The zero-order valence-corrected chi connectivity index (χ0v) is 23.1. The zero-order valence-electron chi connectivity index (χ0n) is 18.3. The van der Waals surface area contributed by atoms with Crippen molar-refractivity contribution in [3.8, 4) is 82.9 Å². The number of esters is 2. The van der Waals surface area contributed by atoms with Gasteiger partial charge >= 0.3 is 71.1 Å². The second-order valence-corrected chi connectivity index (χ2v) is 6.55. The summed E-state index contributed by atoms with van der Waals surface area (Å²) in [5, 5.41) is 0. The minimum atomic E-state index is -5.56. The van der Waals surface area contributed by atoms with Gasteiger partial charge in [0.2, 0.25) is 0 Å². The fourth-order valence-electron chi connectivity index (χ4n) is 1.34. The maximum absolute atomic E-state index is 13.4. The van der Waals surface area contributed by atoms with E-state index in [1.807, 2.05) is 5.92 Å². The summed E-state index contributed by atoms with van der Waals surface area (Å²) in [4.78, 5) is 43.7. The van der Waals surface area contributed by atoms with E-state index in [4.69, 9.17) is 0 Å². The van der Waals surface area contributed by atoms with Gasteiger partial charge in [-0.25, -0.2) is 9.18 Å². The van der Waals surface area contributed by atoms with Gasteiger partial charge in [0, 0.05) is 19.3 Å². The van der Waals surface area contributed by atoms with Crippen LogP contribution >= 0.6 is 7.60 Å². The van der Waals surface area contributed by atoms with Gasteiger partial charge in [0.15, 0.2) is 0 Å². The van der Waals surface area contributed by atoms with Crippen LogP contribution in [0.3, 0.4) is 0 Å². The van der Waals surface area contributed by atoms with E-state index < -0.39 is 44.6 Å². The predicted octanol–water partition coefficient (Wildman–Crippen LogP) is -6.89. The van der Waals surface area contributed by atoms with Crippen LogP contribution in [0.5, 0.6) is 0 Å². The van der Waals surface area contributed by atoms with Crippen molar-refractivity contribution in [1.82, 2.24) is 0 Å². The Morgan fingerprint density at radius 3 is 1.70 bits per heavy atom. The monoisotopic (exact) mass is 484 g/mol. The van der Waals surface area contributed by atoms with Gasteiger partial charge in [-0.05, 0) is 85.6 Å². The summed E-state index contributed by atoms with van der Waals surface area (Å²) >= 11 is 0. The van der Waals surface area contributed by atoms with E-state index in [0.717, 1.165) is 6.92 Å². The minimum Gasteiger partial charge on any atom is -0.809 e. The van der Waals surface area contributed by atoms with Crippen LogP contribution in [0, 0.1) is 82.9 Å². The third kappa shape index (κ3) is 22.9. The van der Waals surface area contributed by atoms with Crippen molar-refractivity contribution < 1.29 is 96.9 Å². The van der Waals surface area contributed by atoms with Crippen LogP contribution in [0.4, 0.5) is 4.39 Å². The molecule has 0 saturated heterocycles. The van der Waals surface area contributed by atoms with Crippen LogP contribution in [0.1, 0.15) is 20.3 Å². The molecular weight excluding hydrogens is 472 g/mol.